The van der Waals surface area contributed by atoms with Crippen molar-refractivity contribution in [2.45, 2.75) is 25.9 Å². The van der Waals surface area contributed by atoms with E-state index in [-0.39, 0.29) is 0 Å². The zero-order chi connectivity index (χ0) is 13.7. The summed E-state index contributed by atoms with van der Waals surface area (Å²) >= 11 is 6.30. The quantitative estimate of drug-likeness (QED) is 0.902. The maximum Gasteiger partial charge on any atom is 0.0491 e. The fourth-order valence-electron chi connectivity index (χ4n) is 2.63. The van der Waals surface area contributed by atoms with Gasteiger partial charge in [-0.3, -0.25) is 4.90 Å². The van der Waals surface area contributed by atoms with Gasteiger partial charge in [-0.05, 0) is 49.0 Å². The van der Waals surface area contributed by atoms with Crippen molar-refractivity contribution in [2.24, 2.45) is 11.7 Å². The fourth-order valence-corrected chi connectivity index (χ4v) is 2.90. The van der Waals surface area contributed by atoms with Gasteiger partial charge in [-0.2, -0.15) is 0 Å². The molecule has 0 aromatic heterocycles. The van der Waals surface area contributed by atoms with Gasteiger partial charge in [0.05, 0.1) is 0 Å². The van der Waals surface area contributed by atoms with E-state index in [0.29, 0.717) is 6.54 Å². The Hall–Kier alpha value is -0.610. The van der Waals surface area contributed by atoms with Crippen molar-refractivity contribution in [3.05, 3.63) is 34.3 Å². The van der Waals surface area contributed by atoms with Gasteiger partial charge in [-0.1, -0.05) is 23.7 Å². The van der Waals surface area contributed by atoms with Gasteiger partial charge in [-0.15, -0.1) is 0 Å². The molecular formula is C15H23ClN2O. The number of benzene rings is 1. The van der Waals surface area contributed by atoms with Crippen LogP contribution in [0.1, 0.15) is 24.0 Å². The first-order valence-electron chi connectivity index (χ1n) is 6.91. The summed E-state index contributed by atoms with van der Waals surface area (Å²) in [4.78, 5) is 2.47. The third kappa shape index (κ3) is 4.18. The zero-order valence-electron chi connectivity index (χ0n) is 11.6. The molecule has 0 atom stereocenters. The molecule has 0 radical (unpaired) electrons. The molecule has 106 valence electrons. The third-order valence-electron chi connectivity index (χ3n) is 3.86. The number of hydrogen-bond acceptors (Lipinski definition) is 3. The Morgan fingerprint density at radius 3 is 2.68 bits per heavy atom. The highest BCUT2D eigenvalue weighted by Crippen LogP contribution is 2.23. The van der Waals surface area contributed by atoms with E-state index in [1.165, 1.54) is 18.4 Å². The van der Waals surface area contributed by atoms with Gasteiger partial charge in [0.2, 0.25) is 0 Å². The van der Waals surface area contributed by atoms with Gasteiger partial charge in [0.25, 0.3) is 0 Å². The third-order valence-corrected chi connectivity index (χ3v) is 4.21. The number of ether oxygens (including phenoxy) is 1. The summed E-state index contributed by atoms with van der Waals surface area (Å²) in [5.74, 6) is 0.719. The van der Waals surface area contributed by atoms with Gasteiger partial charge in [-0.25, -0.2) is 0 Å². The number of hydrogen-bond donors (Lipinski definition) is 1. The molecule has 0 amide bonds. The number of rotatable bonds is 5. The second-order valence-corrected chi connectivity index (χ2v) is 5.71. The van der Waals surface area contributed by atoms with Crippen molar-refractivity contribution in [2.75, 3.05) is 26.8 Å². The van der Waals surface area contributed by atoms with Crippen molar-refractivity contribution in [3.63, 3.8) is 0 Å². The minimum absolute atomic E-state index is 0.544. The Labute approximate surface area is 120 Å². The van der Waals surface area contributed by atoms with Gasteiger partial charge in [0.15, 0.2) is 0 Å². The van der Waals surface area contributed by atoms with Gasteiger partial charge < -0.3 is 10.5 Å². The van der Waals surface area contributed by atoms with E-state index in [9.17, 15) is 0 Å². The van der Waals surface area contributed by atoms with E-state index in [4.69, 9.17) is 22.1 Å². The Kier molecular flexibility index (Phi) is 5.64. The molecule has 2 rings (SSSR count). The predicted molar refractivity (Wildman–Crippen MR) is 79.2 cm³/mol. The molecule has 19 heavy (non-hydrogen) atoms. The van der Waals surface area contributed by atoms with Crippen molar-refractivity contribution in [1.29, 1.82) is 0 Å². The highest BCUT2D eigenvalue weighted by Gasteiger charge is 2.19. The van der Waals surface area contributed by atoms with Crippen molar-refractivity contribution >= 4 is 11.6 Å². The number of nitrogens with two attached hydrogens (primary N) is 1. The maximum absolute atomic E-state index is 6.30. The topological polar surface area (TPSA) is 38.5 Å². The molecule has 1 heterocycles. The second-order valence-electron chi connectivity index (χ2n) is 5.30. The summed E-state index contributed by atoms with van der Waals surface area (Å²) < 4.78 is 5.23. The molecule has 1 fully saturated rings. The van der Waals surface area contributed by atoms with Crippen LogP contribution in [-0.2, 0) is 17.8 Å². The van der Waals surface area contributed by atoms with Crippen molar-refractivity contribution in [1.82, 2.24) is 4.90 Å². The van der Waals surface area contributed by atoms with Crippen LogP contribution in [0, 0.1) is 5.92 Å². The molecule has 4 heteroatoms. The molecule has 0 bridgehead atoms. The van der Waals surface area contributed by atoms with Crippen LogP contribution in [0.15, 0.2) is 18.2 Å². The first-order valence-corrected chi connectivity index (χ1v) is 7.29. The minimum atomic E-state index is 0.544. The molecule has 3 nitrogen and oxygen atoms in total. The van der Waals surface area contributed by atoms with Crippen LogP contribution in [0.2, 0.25) is 5.02 Å². The molecule has 2 N–H and O–H groups in total. The molecule has 1 saturated heterocycles. The van der Waals surface area contributed by atoms with E-state index in [1.807, 2.05) is 6.07 Å². The van der Waals surface area contributed by atoms with Crippen LogP contribution >= 0.6 is 11.6 Å². The second kappa shape index (κ2) is 7.25. The smallest absolute Gasteiger partial charge is 0.0491 e. The lowest BCUT2D eigenvalue weighted by Crippen LogP contribution is -2.34. The molecule has 0 unspecified atom stereocenters. The lowest BCUT2D eigenvalue weighted by Gasteiger charge is -2.31. The minimum Gasteiger partial charge on any atom is -0.384 e. The largest absolute Gasteiger partial charge is 0.384 e. The standard InChI is InChI=1S/C15H23ClN2O/c1-19-11-12-4-6-18(7-5-12)10-14-3-2-13(9-17)8-15(14)16/h2-3,8,12H,4-7,9-11,17H2,1H3. The van der Waals surface area contributed by atoms with E-state index < -0.39 is 0 Å². The summed E-state index contributed by atoms with van der Waals surface area (Å²) in [6, 6.07) is 6.15. The number of methoxy groups -OCH3 is 1. The highest BCUT2D eigenvalue weighted by atomic mass is 35.5. The summed E-state index contributed by atoms with van der Waals surface area (Å²) in [5, 5.41) is 0.835. The first-order chi connectivity index (χ1) is 9.22. The molecule has 1 aliphatic rings. The normalized spacial score (nSPS) is 17.8. The Bertz CT molecular complexity index is 403. The van der Waals surface area contributed by atoms with E-state index in [0.717, 1.165) is 42.7 Å². The van der Waals surface area contributed by atoms with Crippen LogP contribution in [-0.4, -0.2) is 31.7 Å². The van der Waals surface area contributed by atoms with Crippen molar-refractivity contribution < 1.29 is 4.74 Å². The van der Waals surface area contributed by atoms with E-state index >= 15 is 0 Å². The molecule has 1 aliphatic heterocycles. The molecule has 0 saturated carbocycles. The molecule has 0 spiro atoms. The Morgan fingerprint density at radius 1 is 1.37 bits per heavy atom. The first kappa shape index (κ1) is 14.8. The number of halogens is 1. The number of likely N-dealkylation sites (tertiary alicyclic amines) is 1. The van der Waals surface area contributed by atoms with E-state index in [1.54, 1.807) is 7.11 Å². The number of piperidine rings is 1. The van der Waals surface area contributed by atoms with Crippen molar-refractivity contribution in [3.8, 4) is 0 Å². The molecular weight excluding hydrogens is 260 g/mol. The van der Waals surface area contributed by atoms with Gasteiger partial charge in [0, 0.05) is 31.8 Å². The average molecular weight is 283 g/mol. The van der Waals surface area contributed by atoms with Crippen LogP contribution < -0.4 is 5.73 Å². The SMILES string of the molecule is COCC1CCN(Cc2ccc(CN)cc2Cl)CC1. The summed E-state index contributed by atoms with van der Waals surface area (Å²) in [7, 11) is 1.78. The van der Waals surface area contributed by atoms with Crippen LogP contribution in [0.3, 0.4) is 0 Å². The predicted octanol–water partition coefficient (Wildman–Crippen LogP) is 2.66. The van der Waals surface area contributed by atoms with Gasteiger partial charge >= 0.3 is 0 Å². The van der Waals surface area contributed by atoms with Crippen LogP contribution in [0.4, 0.5) is 0 Å². The zero-order valence-corrected chi connectivity index (χ0v) is 12.3. The van der Waals surface area contributed by atoms with E-state index in [2.05, 4.69) is 17.0 Å². The average Bonchev–Trinajstić information content (AvgIpc) is 2.43. The highest BCUT2D eigenvalue weighted by molar-refractivity contribution is 6.31. The molecule has 1 aromatic carbocycles. The molecule has 1 aromatic rings. The lowest BCUT2D eigenvalue weighted by atomic mass is 9.97. The maximum atomic E-state index is 6.30. The lowest BCUT2D eigenvalue weighted by molar-refractivity contribution is 0.0968. The summed E-state index contributed by atoms with van der Waals surface area (Å²) in [5.41, 5.74) is 7.90. The Morgan fingerprint density at radius 2 is 2.11 bits per heavy atom. The number of nitrogens with zero attached hydrogens (tertiary/aromatic N) is 1. The fraction of sp³-hybridized carbons (Fsp3) is 0.600. The monoisotopic (exact) mass is 282 g/mol. The van der Waals surface area contributed by atoms with Crippen LogP contribution in [0.25, 0.3) is 0 Å². The summed E-state index contributed by atoms with van der Waals surface area (Å²) in [6.07, 6.45) is 2.43. The summed E-state index contributed by atoms with van der Waals surface area (Å²) in [6.45, 7) is 4.62. The van der Waals surface area contributed by atoms with Crippen LogP contribution in [0.5, 0.6) is 0 Å². The van der Waals surface area contributed by atoms with Gasteiger partial charge in [0.1, 0.15) is 0 Å². The Balaban J connectivity index is 1.88. The molecule has 0 aliphatic carbocycles.